The highest BCUT2D eigenvalue weighted by atomic mass is 32.2. The van der Waals surface area contributed by atoms with Crippen LogP contribution in [0.25, 0.3) is 10.7 Å². The van der Waals surface area contributed by atoms with Gasteiger partial charge in [-0.15, -0.1) is 21.5 Å². The van der Waals surface area contributed by atoms with Gasteiger partial charge in [0, 0.05) is 26.2 Å². The third-order valence-electron chi connectivity index (χ3n) is 5.48. The Hall–Kier alpha value is -2.07. The summed E-state index contributed by atoms with van der Waals surface area (Å²) in [6.07, 6.45) is 1.32. The number of thioether (sulfide) groups is 1. The van der Waals surface area contributed by atoms with Crippen molar-refractivity contribution in [1.82, 2.24) is 24.6 Å². The average Bonchev–Trinajstić information content (AvgIpc) is 3.40. The molecule has 0 N–H and O–H groups in total. The van der Waals surface area contributed by atoms with Gasteiger partial charge in [0.15, 0.2) is 11.0 Å². The Kier molecular flexibility index (Phi) is 5.56. The van der Waals surface area contributed by atoms with Gasteiger partial charge in [-0.2, -0.15) is 0 Å². The Morgan fingerprint density at radius 2 is 2.10 bits per heavy atom. The van der Waals surface area contributed by atoms with Crippen LogP contribution >= 0.6 is 23.1 Å². The van der Waals surface area contributed by atoms with Crippen LogP contribution in [-0.2, 0) is 16.6 Å². The van der Waals surface area contributed by atoms with Gasteiger partial charge in [-0.1, -0.05) is 17.8 Å². The van der Waals surface area contributed by atoms with Gasteiger partial charge in [-0.25, -0.2) is 4.79 Å². The number of cyclic esters (lactones) is 1. The van der Waals surface area contributed by atoms with Crippen LogP contribution < -0.4 is 0 Å². The predicted molar refractivity (Wildman–Crippen MR) is 112 cm³/mol. The molecule has 2 amide bonds. The lowest BCUT2D eigenvalue weighted by Gasteiger charge is -2.40. The highest BCUT2D eigenvalue weighted by Crippen LogP contribution is 2.31. The smallest absolute Gasteiger partial charge is 0.410 e. The van der Waals surface area contributed by atoms with Crippen molar-refractivity contribution in [1.29, 1.82) is 0 Å². The molecule has 156 valence electrons. The van der Waals surface area contributed by atoms with E-state index in [4.69, 9.17) is 4.74 Å². The zero-order valence-corrected chi connectivity index (χ0v) is 18.5. The van der Waals surface area contributed by atoms with Crippen LogP contribution in [0.3, 0.4) is 0 Å². The summed E-state index contributed by atoms with van der Waals surface area (Å²) in [6.45, 7) is 5.79. The molecule has 2 aromatic heterocycles. The van der Waals surface area contributed by atoms with Crippen LogP contribution in [0, 0.1) is 0 Å². The summed E-state index contributed by atoms with van der Waals surface area (Å²) in [7, 11) is 1.92. The quantitative estimate of drug-likeness (QED) is 0.672. The highest BCUT2D eigenvalue weighted by Gasteiger charge is 2.44. The fourth-order valence-electron chi connectivity index (χ4n) is 3.92. The molecule has 2 aromatic rings. The molecular formula is C19H25N5O3S2. The summed E-state index contributed by atoms with van der Waals surface area (Å²) >= 11 is 3.03. The minimum atomic E-state index is -0.282. The van der Waals surface area contributed by atoms with E-state index in [1.54, 1.807) is 11.3 Å². The van der Waals surface area contributed by atoms with Gasteiger partial charge >= 0.3 is 6.09 Å². The standard InChI is InChI=1S/C19H25N5O3S2/c1-19(2)12-27-18(26)24(19)13-6-8-23(9-7-13)15(25)11-29-17-21-20-16(22(17)3)14-5-4-10-28-14/h4-5,10,13H,6-9,11-12H2,1-3H3. The molecule has 4 rings (SSSR count). The first-order valence-electron chi connectivity index (χ1n) is 9.67. The molecule has 0 spiro atoms. The van der Waals surface area contributed by atoms with Crippen LogP contribution in [0.2, 0.25) is 0 Å². The van der Waals surface area contributed by atoms with Gasteiger partial charge in [0.2, 0.25) is 5.91 Å². The summed E-state index contributed by atoms with van der Waals surface area (Å²) in [5, 5.41) is 11.2. The van der Waals surface area contributed by atoms with Gasteiger partial charge in [0.05, 0.1) is 16.2 Å². The van der Waals surface area contributed by atoms with E-state index in [2.05, 4.69) is 10.2 Å². The molecule has 8 nitrogen and oxygen atoms in total. The molecule has 0 bridgehead atoms. The van der Waals surface area contributed by atoms with Gasteiger partial charge in [0.25, 0.3) is 0 Å². The third-order valence-corrected chi connectivity index (χ3v) is 7.35. The number of aromatic nitrogens is 3. The predicted octanol–water partition coefficient (Wildman–Crippen LogP) is 2.86. The third kappa shape index (κ3) is 4.00. The number of hydrogen-bond acceptors (Lipinski definition) is 7. The molecule has 0 radical (unpaired) electrons. The molecule has 0 aromatic carbocycles. The second-order valence-corrected chi connectivity index (χ2v) is 9.87. The maximum Gasteiger partial charge on any atom is 0.410 e. The second-order valence-electron chi connectivity index (χ2n) is 7.98. The SMILES string of the molecule is Cn1c(SCC(=O)N2CCC(N3C(=O)OCC3(C)C)CC2)nnc1-c1cccs1. The number of ether oxygens (including phenoxy) is 1. The maximum atomic E-state index is 12.7. The van der Waals surface area contributed by atoms with Crippen molar-refractivity contribution in [3.8, 4) is 10.7 Å². The Labute approximate surface area is 178 Å². The minimum absolute atomic E-state index is 0.0948. The largest absolute Gasteiger partial charge is 0.447 e. The lowest BCUT2D eigenvalue weighted by atomic mass is 9.97. The van der Waals surface area contributed by atoms with Crippen LogP contribution in [0.4, 0.5) is 4.79 Å². The van der Waals surface area contributed by atoms with E-state index in [1.165, 1.54) is 11.8 Å². The second kappa shape index (κ2) is 7.98. The summed E-state index contributed by atoms with van der Waals surface area (Å²) < 4.78 is 7.15. The number of rotatable bonds is 5. The van der Waals surface area contributed by atoms with E-state index >= 15 is 0 Å². The molecular weight excluding hydrogens is 410 g/mol. The van der Waals surface area contributed by atoms with Crippen molar-refractivity contribution >= 4 is 35.1 Å². The van der Waals surface area contributed by atoms with Crippen LogP contribution in [0.15, 0.2) is 22.7 Å². The van der Waals surface area contributed by atoms with E-state index in [0.29, 0.717) is 25.4 Å². The summed E-state index contributed by atoms with van der Waals surface area (Å²) in [5.74, 6) is 1.24. The number of hydrogen-bond donors (Lipinski definition) is 0. The first-order valence-corrected chi connectivity index (χ1v) is 11.5. The van der Waals surface area contributed by atoms with Crippen molar-refractivity contribution in [2.24, 2.45) is 7.05 Å². The monoisotopic (exact) mass is 435 g/mol. The zero-order valence-electron chi connectivity index (χ0n) is 16.8. The molecule has 29 heavy (non-hydrogen) atoms. The zero-order chi connectivity index (χ0) is 20.6. The molecule has 2 fully saturated rings. The van der Waals surface area contributed by atoms with E-state index < -0.39 is 0 Å². The summed E-state index contributed by atoms with van der Waals surface area (Å²) in [4.78, 5) is 29.6. The number of carbonyl (C=O) groups excluding carboxylic acids is 2. The lowest BCUT2D eigenvalue weighted by Crippen LogP contribution is -2.53. The molecule has 0 saturated carbocycles. The molecule has 0 aliphatic carbocycles. The van der Waals surface area contributed by atoms with Crippen molar-refractivity contribution in [3.63, 3.8) is 0 Å². The number of amides is 2. The molecule has 2 aliphatic rings. The van der Waals surface area contributed by atoms with Crippen molar-refractivity contribution in [3.05, 3.63) is 17.5 Å². The summed E-state index contributed by atoms with van der Waals surface area (Å²) in [5.41, 5.74) is -0.282. The first kappa shape index (κ1) is 20.2. The molecule has 0 atom stereocenters. The van der Waals surface area contributed by atoms with E-state index in [1.807, 2.05) is 52.8 Å². The van der Waals surface area contributed by atoms with Gasteiger partial charge in [-0.05, 0) is 38.1 Å². The van der Waals surface area contributed by atoms with Crippen molar-refractivity contribution in [2.45, 2.75) is 43.4 Å². The number of piperidine rings is 1. The normalized spacial score (nSPS) is 19.6. The number of likely N-dealkylation sites (tertiary alicyclic amines) is 1. The maximum absolute atomic E-state index is 12.7. The number of thiophene rings is 1. The topological polar surface area (TPSA) is 80.6 Å². The van der Waals surface area contributed by atoms with Gasteiger partial charge in [0.1, 0.15) is 6.61 Å². The first-order chi connectivity index (χ1) is 13.9. The van der Waals surface area contributed by atoms with E-state index in [-0.39, 0.29) is 23.6 Å². The Morgan fingerprint density at radius 1 is 1.34 bits per heavy atom. The lowest BCUT2D eigenvalue weighted by molar-refractivity contribution is -0.129. The van der Waals surface area contributed by atoms with Crippen LogP contribution in [0.5, 0.6) is 0 Å². The minimum Gasteiger partial charge on any atom is -0.447 e. The van der Waals surface area contributed by atoms with Crippen molar-refractivity contribution in [2.75, 3.05) is 25.4 Å². The van der Waals surface area contributed by atoms with Gasteiger partial charge < -0.3 is 14.2 Å². The van der Waals surface area contributed by atoms with E-state index in [0.717, 1.165) is 28.7 Å². The Morgan fingerprint density at radius 3 is 2.72 bits per heavy atom. The molecule has 2 saturated heterocycles. The van der Waals surface area contributed by atoms with E-state index in [9.17, 15) is 9.59 Å². The van der Waals surface area contributed by atoms with Gasteiger partial charge in [-0.3, -0.25) is 9.69 Å². The van der Waals surface area contributed by atoms with Crippen molar-refractivity contribution < 1.29 is 14.3 Å². The number of nitrogens with zero attached hydrogens (tertiary/aromatic N) is 5. The Balaban J connectivity index is 1.30. The molecule has 0 unspecified atom stereocenters. The molecule has 4 heterocycles. The molecule has 10 heteroatoms. The fraction of sp³-hybridized carbons (Fsp3) is 0.579. The Bertz CT molecular complexity index is 888. The fourth-order valence-corrected chi connectivity index (χ4v) is 5.48. The molecule has 2 aliphatic heterocycles. The highest BCUT2D eigenvalue weighted by molar-refractivity contribution is 7.99. The number of carbonyl (C=O) groups is 2. The van der Waals surface area contributed by atoms with Crippen LogP contribution in [0.1, 0.15) is 26.7 Å². The summed E-state index contributed by atoms with van der Waals surface area (Å²) in [6, 6.07) is 4.12. The van der Waals surface area contributed by atoms with Crippen LogP contribution in [-0.4, -0.2) is 73.6 Å². The average molecular weight is 436 g/mol.